The van der Waals surface area contributed by atoms with Gasteiger partial charge >= 0.3 is 0 Å². The molecule has 176 valence electrons. The monoisotopic (exact) mass is 444 g/mol. The molecule has 0 aromatic carbocycles. The average Bonchev–Trinajstić information content (AvgIpc) is 3.08. The first-order valence-electron chi connectivity index (χ1n) is 11.4. The van der Waals surface area contributed by atoms with Crippen LogP contribution in [0, 0.1) is 5.92 Å². The molecule has 5 saturated heterocycles. The molecule has 0 aliphatic carbocycles. The minimum Gasteiger partial charge on any atom is -0.378 e. The molecule has 0 spiro atoms. The first-order valence-corrected chi connectivity index (χ1v) is 11.4. The number of rotatable bonds is 3. The molecular formula is C19H34F2N8O2. The van der Waals surface area contributed by atoms with Gasteiger partial charge in [-0.2, -0.15) is 0 Å². The van der Waals surface area contributed by atoms with Gasteiger partial charge < -0.3 is 21.1 Å². The highest BCUT2D eigenvalue weighted by atomic mass is 19.1. The molecule has 5 aliphatic rings. The number of carbonyl (C=O) groups is 1. The van der Waals surface area contributed by atoms with E-state index in [0.717, 1.165) is 32.8 Å². The van der Waals surface area contributed by atoms with Crippen molar-refractivity contribution >= 4 is 5.91 Å². The second-order valence-corrected chi connectivity index (χ2v) is 9.32. The van der Waals surface area contributed by atoms with Crippen molar-refractivity contribution in [3.63, 3.8) is 0 Å². The molecule has 0 saturated carbocycles. The smallest absolute Gasteiger partial charge is 0.229 e. The molecule has 31 heavy (non-hydrogen) atoms. The third-order valence-electron chi connectivity index (χ3n) is 7.33. The van der Waals surface area contributed by atoms with E-state index in [-0.39, 0.29) is 43.8 Å². The Hall–Kier alpha value is -0.990. The Morgan fingerprint density at radius 3 is 2.81 bits per heavy atom. The molecule has 1 amide bonds. The molecule has 5 heterocycles. The zero-order valence-electron chi connectivity index (χ0n) is 17.7. The number of fused-ring (bicyclic) bond motifs is 2. The predicted octanol–water partition coefficient (Wildman–Crippen LogP) is -3.21. The van der Waals surface area contributed by atoms with Crippen molar-refractivity contribution in [3.05, 3.63) is 0 Å². The molecule has 8 atom stereocenters. The SMILES string of the molecule is NC1NN2CC(F)CNC2C1C(=O)NC1CNCC(F)C1N1CCN2CCOC[C@H]2C1. The Morgan fingerprint density at radius 1 is 1.10 bits per heavy atom. The summed E-state index contributed by atoms with van der Waals surface area (Å²) in [5.74, 6) is -0.820. The van der Waals surface area contributed by atoms with Crippen molar-refractivity contribution in [1.29, 1.82) is 0 Å². The summed E-state index contributed by atoms with van der Waals surface area (Å²) in [4.78, 5) is 17.8. The Labute approximate surface area is 181 Å². The molecular weight excluding hydrogens is 410 g/mol. The van der Waals surface area contributed by atoms with Gasteiger partial charge in [-0.15, -0.1) is 0 Å². The fraction of sp³-hybridized carbons (Fsp3) is 0.947. The van der Waals surface area contributed by atoms with Crippen LogP contribution >= 0.6 is 0 Å². The quantitative estimate of drug-likeness (QED) is 0.307. The fourth-order valence-electron chi connectivity index (χ4n) is 5.79. The number of piperazine rings is 1. The summed E-state index contributed by atoms with van der Waals surface area (Å²) >= 11 is 0. The molecule has 5 aliphatic heterocycles. The number of hydrogen-bond donors (Lipinski definition) is 5. The first-order chi connectivity index (χ1) is 15.0. The highest BCUT2D eigenvalue weighted by molar-refractivity contribution is 5.81. The minimum atomic E-state index is -1.08. The van der Waals surface area contributed by atoms with E-state index in [2.05, 4.69) is 31.2 Å². The summed E-state index contributed by atoms with van der Waals surface area (Å²) in [6.07, 6.45) is -3.09. The van der Waals surface area contributed by atoms with Gasteiger partial charge in [0.15, 0.2) is 0 Å². The number of piperidine rings is 1. The van der Waals surface area contributed by atoms with Gasteiger partial charge in [-0.25, -0.2) is 19.2 Å². The number of ether oxygens (including phenoxy) is 1. The van der Waals surface area contributed by atoms with Crippen LogP contribution in [0.3, 0.4) is 0 Å². The van der Waals surface area contributed by atoms with Gasteiger partial charge in [0, 0.05) is 58.4 Å². The average molecular weight is 445 g/mol. The summed E-state index contributed by atoms with van der Waals surface area (Å²) in [6, 6.07) is -0.501. The zero-order chi connectivity index (χ0) is 21.5. The number of nitrogens with zero attached hydrogens (tertiary/aromatic N) is 3. The molecule has 6 N–H and O–H groups in total. The Bertz CT molecular complexity index is 662. The summed E-state index contributed by atoms with van der Waals surface area (Å²) < 4.78 is 34.5. The number of morpholine rings is 1. The highest BCUT2D eigenvalue weighted by Crippen LogP contribution is 2.25. The van der Waals surface area contributed by atoms with Crippen molar-refractivity contribution in [2.24, 2.45) is 11.7 Å². The van der Waals surface area contributed by atoms with E-state index < -0.39 is 30.5 Å². The minimum absolute atomic E-state index is 0.184. The fourth-order valence-corrected chi connectivity index (χ4v) is 5.79. The molecule has 7 unspecified atom stereocenters. The van der Waals surface area contributed by atoms with Crippen molar-refractivity contribution < 1.29 is 18.3 Å². The lowest BCUT2D eigenvalue weighted by molar-refractivity contribution is -0.129. The number of halogens is 2. The first kappa shape index (κ1) is 21.8. The normalized spacial score (nSPS) is 45.1. The van der Waals surface area contributed by atoms with Crippen LogP contribution in [0.2, 0.25) is 0 Å². The van der Waals surface area contributed by atoms with Crippen LogP contribution in [0.15, 0.2) is 0 Å². The van der Waals surface area contributed by atoms with Crippen LogP contribution in [0.4, 0.5) is 8.78 Å². The molecule has 5 fully saturated rings. The Morgan fingerprint density at radius 2 is 1.94 bits per heavy atom. The molecule has 0 aromatic heterocycles. The van der Waals surface area contributed by atoms with Crippen LogP contribution in [0.1, 0.15) is 0 Å². The van der Waals surface area contributed by atoms with Gasteiger partial charge in [-0.1, -0.05) is 0 Å². The third kappa shape index (κ3) is 4.32. The zero-order valence-corrected chi connectivity index (χ0v) is 17.7. The predicted molar refractivity (Wildman–Crippen MR) is 109 cm³/mol. The van der Waals surface area contributed by atoms with Gasteiger partial charge in [0.1, 0.15) is 12.3 Å². The summed E-state index contributed by atoms with van der Waals surface area (Å²) in [6.45, 7) is 5.87. The van der Waals surface area contributed by atoms with E-state index >= 15 is 4.39 Å². The summed E-state index contributed by atoms with van der Waals surface area (Å²) in [5.41, 5.74) is 9.17. The molecule has 10 nitrogen and oxygen atoms in total. The Kier molecular flexibility index (Phi) is 6.41. The molecule has 0 aromatic rings. The van der Waals surface area contributed by atoms with Crippen molar-refractivity contribution in [2.75, 3.05) is 65.6 Å². The molecule has 0 bridgehead atoms. The van der Waals surface area contributed by atoms with Gasteiger partial charge in [-0.05, 0) is 0 Å². The number of nitrogens with one attached hydrogen (secondary N) is 4. The second-order valence-electron chi connectivity index (χ2n) is 9.32. The van der Waals surface area contributed by atoms with E-state index in [0.29, 0.717) is 13.2 Å². The van der Waals surface area contributed by atoms with Gasteiger partial charge in [0.2, 0.25) is 5.91 Å². The number of hydrazine groups is 1. The second kappa shape index (κ2) is 9.10. The van der Waals surface area contributed by atoms with E-state index in [4.69, 9.17) is 10.5 Å². The maximum absolute atomic E-state index is 15.1. The van der Waals surface area contributed by atoms with Crippen molar-refractivity contribution in [3.8, 4) is 0 Å². The largest absolute Gasteiger partial charge is 0.378 e. The number of amides is 1. The number of nitrogens with two attached hydrogens (primary N) is 1. The highest BCUT2D eigenvalue weighted by Gasteiger charge is 2.49. The number of hydrogen-bond acceptors (Lipinski definition) is 9. The van der Waals surface area contributed by atoms with E-state index in [1.165, 1.54) is 0 Å². The van der Waals surface area contributed by atoms with Crippen molar-refractivity contribution in [1.82, 2.24) is 36.2 Å². The van der Waals surface area contributed by atoms with E-state index in [1.807, 2.05) is 0 Å². The van der Waals surface area contributed by atoms with E-state index in [1.54, 1.807) is 5.01 Å². The van der Waals surface area contributed by atoms with Crippen LogP contribution in [-0.4, -0.2) is 129 Å². The summed E-state index contributed by atoms with van der Waals surface area (Å²) in [5, 5.41) is 10.9. The van der Waals surface area contributed by atoms with Gasteiger partial charge in [0.25, 0.3) is 0 Å². The lowest BCUT2D eigenvalue weighted by Crippen LogP contribution is -2.70. The maximum atomic E-state index is 15.1. The standard InChI is InChI=1S/C19H34F2N8O2/c20-11-5-24-18-15(17(22)26-29(18)8-11)19(30)25-14-7-23-6-13(21)16(14)28-2-1-27-3-4-31-10-12(27)9-28/h11-18,23-24,26H,1-10,22H2,(H,25,30)/t11?,12-,13?,14?,15?,16?,17?,18?/m1/s1. The molecule has 5 rings (SSSR count). The Balaban J connectivity index is 1.26. The molecule has 12 heteroatoms. The lowest BCUT2D eigenvalue weighted by atomic mass is 9.93. The van der Waals surface area contributed by atoms with Crippen LogP contribution in [0.25, 0.3) is 0 Å². The van der Waals surface area contributed by atoms with Crippen molar-refractivity contribution in [2.45, 2.75) is 42.8 Å². The van der Waals surface area contributed by atoms with Gasteiger partial charge in [-0.3, -0.25) is 19.9 Å². The topological polar surface area (TPSA) is 110 Å². The molecule has 0 radical (unpaired) electrons. The number of alkyl halides is 2. The van der Waals surface area contributed by atoms with E-state index in [9.17, 15) is 9.18 Å². The summed E-state index contributed by atoms with van der Waals surface area (Å²) in [7, 11) is 0. The number of carbonyl (C=O) groups excluding carboxylic acids is 1. The third-order valence-corrected chi connectivity index (χ3v) is 7.33. The van der Waals surface area contributed by atoms with Crippen LogP contribution < -0.4 is 27.1 Å². The van der Waals surface area contributed by atoms with Crippen LogP contribution in [0.5, 0.6) is 0 Å². The van der Waals surface area contributed by atoms with Gasteiger partial charge in [0.05, 0.1) is 43.5 Å². The maximum Gasteiger partial charge on any atom is 0.229 e. The van der Waals surface area contributed by atoms with Crippen LogP contribution in [-0.2, 0) is 9.53 Å². The lowest BCUT2D eigenvalue weighted by Gasteiger charge is -2.49.